The molecule has 172 valence electrons. The van der Waals surface area contributed by atoms with Crippen molar-refractivity contribution >= 4 is 17.8 Å². The average molecular weight is 454 g/mol. The van der Waals surface area contributed by atoms with Crippen molar-refractivity contribution in [2.75, 3.05) is 13.1 Å². The molecule has 10 heteroatoms. The third-order valence-electron chi connectivity index (χ3n) is 4.43. The highest BCUT2D eigenvalue weighted by atomic mass is 19.1. The number of urea groups is 1. The number of benzene rings is 2. The maximum Gasteiger partial charge on any atom is 0.333 e. The summed E-state index contributed by atoms with van der Waals surface area (Å²) in [5.41, 5.74) is 5.01. The van der Waals surface area contributed by atoms with Crippen LogP contribution in [0.3, 0.4) is 0 Å². The van der Waals surface area contributed by atoms with Gasteiger partial charge in [-0.3, -0.25) is 15.0 Å². The van der Waals surface area contributed by atoms with E-state index in [9.17, 15) is 18.8 Å². The molecule has 0 unspecified atom stereocenters. The van der Waals surface area contributed by atoms with Crippen LogP contribution in [0.5, 0.6) is 5.75 Å². The van der Waals surface area contributed by atoms with Gasteiger partial charge in [-0.1, -0.05) is 24.3 Å². The van der Waals surface area contributed by atoms with Crippen LogP contribution in [0, 0.1) is 12.7 Å². The second kappa shape index (κ2) is 11.3. The molecule has 4 N–H and O–H groups in total. The molecule has 0 aliphatic carbocycles. The van der Waals surface area contributed by atoms with Crippen LogP contribution in [-0.4, -0.2) is 30.9 Å². The molecule has 0 radical (unpaired) electrons. The number of aryl methyl sites for hydroxylation is 1. The number of halogens is 1. The summed E-state index contributed by atoms with van der Waals surface area (Å²) in [7, 11) is 0. The number of ether oxygens (including phenoxy) is 1. The van der Waals surface area contributed by atoms with Crippen LogP contribution in [-0.2, 0) is 6.61 Å². The van der Waals surface area contributed by atoms with Crippen LogP contribution >= 0.6 is 0 Å². The summed E-state index contributed by atoms with van der Waals surface area (Å²) in [5.74, 6) is -0.471. The molecule has 2 aromatic carbocycles. The van der Waals surface area contributed by atoms with E-state index in [1.165, 1.54) is 18.2 Å². The van der Waals surface area contributed by atoms with E-state index in [4.69, 9.17) is 9.15 Å². The zero-order chi connectivity index (χ0) is 23.6. The summed E-state index contributed by atoms with van der Waals surface area (Å²) >= 11 is 0. The predicted octanol–water partition coefficient (Wildman–Crippen LogP) is 2.68. The summed E-state index contributed by atoms with van der Waals surface area (Å²) in [4.78, 5) is 35.9. The molecule has 0 saturated heterocycles. The van der Waals surface area contributed by atoms with Gasteiger partial charge in [-0.05, 0) is 48.9 Å². The molecule has 0 spiro atoms. The first-order valence-corrected chi connectivity index (χ1v) is 10.1. The molecule has 3 aromatic rings. The van der Waals surface area contributed by atoms with Crippen molar-refractivity contribution < 1.29 is 27.9 Å². The molecule has 0 atom stereocenters. The van der Waals surface area contributed by atoms with E-state index >= 15 is 0 Å². The van der Waals surface area contributed by atoms with Crippen molar-refractivity contribution in [2.24, 2.45) is 0 Å². The minimum absolute atomic E-state index is 0.000412. The van der Waals surface area contributed by atoms with Crippen molar-refractivity contribution in [1.29, 1.82) is 0 Å². The predicted molar refractivity (Wildman–Crippen MR) is 117 cm³/mol. The van der Waals surface area contributed by atoms with Gasteiger partial charge in [0.15, 0.2) is 5.76 Å². The quantitative estimate of drug-likeness (QED) is 0.308. The third-order valence-corrected chi connectivity index (χ3v) is 4.43. The van der Waals surface area contributed by atoms with E-state index in [0.29, 0.717) is 17.1 Å². The normalized spacial score (nSPS) is 10.2. The van der Waals surface area contributed by atoms with Crippen molar-refractivity contribution in [1.82, 2.24) is 21.5 Å². The molecule has 0 bridgehead atoms. The van der Waals surface area contributed by atoms with Crippen molar-refractivity contribution in [3.05, 3.63) is 89.1 Å². The van der Waals surface area contributed by atoms with Crippen LogP contribution in [0.15, 0.2) is 65.1 Å². The number of para-hydroxylation sites is 1. The summed E-state index contributed by atoms with van der Waals surface area (Å²) in [6, 6.07) is 15.7. The number of rotatable bonds is 8. The number of hydrogen-bond donors (Lipinski definition) is 4. The number of carbonyl (C=O) groups excluding carboxylic acids is 3. The zero-order valence-corrected chi connectivity index (χ0v) is 17.8. The zero-order valence-electron chi connectivity index (χ0n) is 17.8. The number of hydrogen-bond acceptors (Lipinski definition) is 5. The maximum absolute atomic E-state index is 13.5. The number of furan rings is 1. The van der Waals surface area contributed by atoms with E-state index in [1.54, 1.807) is 25.1 Å². The van der Waals surface area contributed by atoms with Gasteiger partial charge in [0.1, 0.15) is 23.9 Å². The second-order valence-electron chi connectivity index (χ2n) is 6.92. The summed E-state index contributed by atoms with van der Waals surface area (Å²) in [6.45, 7) is 1.94. The molecule has 9 nitrogen and oxygen atoms in total. The van der Waals surface area contributed by atoms with E-state index in [2.05, 4.69) is 21.5 Å². The van der Waals surface area contributed by atoms with E-state index in [-0.39, 0.29) is 31.0 Å². The van der Waals surface area contributed by atoms with Crippen LogP contribution in [0.2, 0.25) is 0 Å². The Kier molecular flexibility index (Phi) is 8.01. The number of carbonyl (C=O) groups is 3. The Morgan fingerprint density at radius 3 is 2.42 bits per heavy atom. The summed E-state index contributed by atoms with van der Waals surface area (Å²) in [5, 5.41) is 5.01. The van der Waals surface area contributed by atoms with Gasteiger partial charge in [0.2, 0.25) is 0 Å². The molecular formula is C23H23FN4O5. The first-order chi connectivity index (χ1) is 15.9. The second-order valence-corrected chi connectivity index (χ2v) is 6.92. The van der Waals surface area contributed by atoms with Gasteiger partial charge in [0, 0.05) is 18.7 Å². The topological polar surface area (TPSA) is 122 Å². The highest BCUT2D eigenvalue weighted by Gasteiger charge is 2.13. The largest absolute Gasteiger partial charge is 0.486 e. The van der Waals surface area contributed by atoms with Crippen molar-refractivity contribution in [3.63, 3.8) is 0 Å². The molecule has 0 aliphatic heterocycles. The fourth-order valence-corrected chi connectivity index (χ4v) is 2.66. The SMILES string of the molecule is Cc1ccc(C(=O)NCCNC(=O)NNC(=O)c2ccc(COc3ccccc3)o2)cc1F. The smallest absolute Gasteiger partial charge is 0.333 e. The van der Waals surface area contributed by atoms with Gasteiger partial charge in [-0.2, -0.15) is 0 Å². The van der Waals surface area contributed by atoms with Crippen LogP contribution in [0.4, 0.5) is 9.18 Å². The standard InChI is InChI=1S/C23H23FN4O5/c1-15-7-8-16(13-19(15)24)21(29)25-11-12-26-23(31)28-27-22(30)20-10-9-18(33-20)14-32-17-5-3-2-4-6-17/h2-10,13H,11-12,14H2,1H3,(H,25,29)(H,27,30)(H2,26,28,31). The monoisotopic (exact) mass is 454 g/mol. The minimum Gasteiger partial charge on any atom is -0.486 e. The van der Waals surface area contributed by atoms with E-state index < -0.39 is 23.7 Å². The molecule has 4 amide bonds. The highest BCUT2D eigenvalue weighted by Crippen LogP contribution is 2.14. The molecular weight excluding hydrogens is 431 g/mol. The van der Waals surface area contributed by atoms with Gasteiger partial charge < -0.3 is 19.8 Å². The number of hydrazine groups is 1. The molecule has 33 heavy (non-hydrogen) atoms. The lowest BCUT2D eigenvalue weighted by atomic mass is 10.1. The lowest BCUT2D eigenvalue weighted by molar-refractivity contribution is 0.0904. The Bertz CT molecular complexity index is 1120. The van der Waals surface area contributed by atoms with Crippen LogP contribution in [0.25, 0.3) is 0 Å². The van der Waals surface area contributed by atoms with Gasteiger partial charge in [0.05, 0.1) is 0 Å². The average Bonchev–Trinajstić information content (AvgIpc) is 3.30. The molecule has 3 rings (SSSR count). The maximum atomic E-state index is 13.5. The third kappa shape index (κ3) is 7.10. The number of amides is 4. The first kappa shape index (κ1) is 23.3. The fraction of sp³-hybridized carbons (Fsp3) is 0.174. The van der Waals surface area contributed by atoms with Crippen molar-refractivity contribution in [2.45, 2.75) is 13.5 Å². The van der Waals surface area contributed by atoms with Gasteiger partial charge >= 0.3 is 11.9 Å². The van der Waals surface area contributed by atoms with Gasteiger partial charge in [-0.15, -0.1) is 0 Å². The number of nitrogens with one attached hydrogen (secondary N) is 4. The Hall–Kier alpha value is -4.34. The summed E-state index contributed by atoms with van der Waals surface area (Å²) in [6.07, 6.45) is 0. The molecule has 0 fully saturated rings. The molecule has 1 heterocycles. The van der Waals surface area contributed by atoms with Gasteiger partial charge in [-0.25, -0.2) is 14.6 Å². The molecule has 0 saturated carbocycles. The fourth-order valence-electron chi connectivity index (χ4n) is 2.66. The molecule has 0 aliphatic rings. The van der Waals surface area contributed by atoms with E-state index in [0.717, 1.165) is 6.07 Å². The van der Waals surface area contributed by atoms with Crippen LogP contribution < -0.4 is 26.2 Å². The Balaban J connectivity index is 1.33. The lowest BCUT2D eigenvalue weighted by Gasteiger charge is -2.09. The summed E-state index contributed by atoms with van der Waals surface area (Å²) < 4.78 is 24.5. The highest BCUT2D eigenvalue weighted by molar-refractivity contribution is 5.94. The first-order valence-electron chi connectivity index (χ1n) is 10.1. The Morgan fingerprint density at radius 1 is 0.909 bits per heavy atom. The Morgan fingerprint density at radius 2 is 1.67 bits per heavy atom. The van der Waals surface area contributed by atoms with E-state index in [1.807, 2.05) is 18.2 Å². The van der Waals surface area contributed by atoms with Crippen molar-refractivity contribution in [3.8, 4) is 5.75 Å². The Labute approximate surface area is 189 Å². The minimum atomic E-state index is -0.682. The lowest BCUT2D eigenvalue weighted by Crippen LogP contribution is -2.48. The van der Waals surface area contributed by atoms with Gasteiger partial charge in [0.25, 0.3) is 5.91 Å². The molecule has 1 aromatic heterocycles. The van der Waals surface area contributed by atoms with Crippen LogP contribution in [0.1, 0.15) is 32.2 Å².